The summed E-state index contributed by atoms with van der Waals surface area (Å²) in [6.45, 7) is 2.45. The lowest BCUT2D eigenvalue weighted by Gasteiger charge is -2.20. The normalized spacial score (nSPS) is 21.6. The van der Waals surface area contributed by atoms with Crippen molar-refractivity contribution in [3.63, 3.8) is 0 Å². The van der Waals surface area contributed by atoms with Crippen LogP contribution in [0, 0.1) is 0 Å². The first-order chi connectivity index (χ1) is 12.6. The molecular weight excluding hydrogens is 352 g/mol. The van der Waals surface area contributed by atoms with Crippen LogP contribution < -0.4 is 4.90 Å². The van der Waals surface area contributed by atoms with E-state index in [1.807, 2.05) is 24.3 Å². The number of hydrogen-bond acceptors (Lipinski definition) is 5. The highest BCUT2D eigenvalue weighted by Gasteiger charge is 2.54. The van der Waals surface area contributed by atoms with Crippen molar-refractivity contribution < 1.29 is 9.59 Å². The Kier molecular flexibility index (Phi) is 4.20. The van der Waals surface area contributed by atoms with Crippen LogP contribution in [0.3, 0.4) is 0 Å². The molecule has 2 atom stereocenters. The number of hydrogen-bond donors (Lipinski definition) is 0. The van der Waals surface area contributed by atoms with Gasteiger partial charge < -0.3 is 0 Å². The Morgan fingerprint density at radius 3 is 2.27 bits per heavy atom. The molecule has 2 aliphatic heterocycles. The molecule has 1 saturated heterocycles. The van der Waals surface area contributed by atoms with Crippen molar-refractivity contribution in [2.24, 2.45) is 10.3 Å². The van der Waals surface area contributed by atoms with Gasteiger partial charge in [0.1, 0.15) is 0 Å². The number of halogens is 1. The van der Waals surface area contributed by atoms with E-state index in [2.05, 4.69) is 17.3 Å². The van der Waals surface area contributed by atoms with Gasteiger partial charge in [0, 0.05) is 5.02 Å². The molecule has 2 aromatic rings. The van der Waals surface area contributed by atoms with E-state index in [0.717, 1.165) is 17.5 Å². The SMILES string of the molecule is CCc1ccc(N2C(=O)C3N=NN(Cc4ccc(Cl)cc4)C3C2=O)cc1. The van der Waals surface area contributed by atoms with Crippen LogP contribution in [0.15, 0.2) is 58.9 Å². The second kappa shape index (κ2) is 6.53. The third kappa shape index (κ3) is 2.76. The number of fused-ring (bicyclic) bond motifs is 1. The largest absolute Gasteiger partial charge is 0.271 e. The lowest BCUT2D eigenvalue weighted by Crippen LogP contribution is -2.39. The van der Waals surface area contributed by atoms with E-state index in [0.29, 0.717) is 17.3 Å². The highest BCUT2D eigenvalue weighted by molar-refractivity contribution is 6.30. The lowest BCUT2D eigenvalue weighted by atomic mass is 10.1. The molecule has 2 amide bonds. The fourth-order valence-corrected chi connectivity index (χ4v) is 3.39. The molecule has 2 heterocycles. The van der Waals surface area contributed by atoms with Crippen molar-refractivity contribution in [3.05, 3.63) is 64.7 Å². The van der Waals surface area contributed by atoms with E-state index in [4.69, 9.17) is 11.6 Å². The van der Waals surface area contributed by atoms with Crippen LogP contribution in [0.1, 0.15) is 18.1 Å². The van der Waals surface area contributed by atoms with Crippen LogP contribution in [0.25, 0.3) is 0 Å². The molecular formula is C19H17ClN4O2. The lowest BCUT2D eigenvalue weighted by molar-refractivity contribution is -0.123. The molecule has 0 N–H and O–H groups in total. The molecule has 2 unspecified atom stereocenters. The number of nitrogens with zero attached hydrogens (tertiary/aromatic N) is 4. The number of amides is 2. The molecule has 0 saturated carbocycles. The first kappa shape index (κ1) is 16.7. The smallest absolute Gasteiger partial charge is 0.263 e. The monoisotopic (exact) mass is 368 g/mol. The predicted octanol–water partition coefficient (Wildman–Crippen LogP) is 3.40. The third-order valence-electron chi connectivity index (χ3n) is 4.72. The summed E-state index contributed by atoms with van der Waals surface area (Å²) in [5.41, 5.74) is 2.67. The molecule has 0 spiro atoms. The van der Waals surface area contributed by atoms with Gasteiger partial charge in [0.2, 0.25) is 0 Å². The van der Waals surface area contributed by atoms with Crippen molar-refractivity contribution in [1.82, 2.24) is 5.01 Å². The van der Waals surface area contributed by atoms with Gasteiger partial charge in [0.15, 0.2) is 12.1 Å². The number of imide groups is 1. The number of aryl methyl sites for hydroxylation is 1. The van der Waals surface area contributed by atoms with Gasteiger partial charge in [-0.2, -0.15) is 5.11 Å². The van der Waals surface area contributed by atoms with Crippen molar-refractivity contribution in [3.8, 4) is 0 Å². The first-order valence-corrected chi connectivity index (χ1v) is 8.85. The molecule has 0 aromatic heterocycles. The topological polar surface area (TPSA) is 65.3 Å². The Morgan fingerprint density at radius 2 is 1.62 bits per heavy atom. The van der Waals surface area contributed by atoms with Gasteiger partial charge in [-0.15, -0.1) is 0 Å². The fraction of sp³-hybridized carbons (Fsp3) is 0.263. The maximum Gasteiger partial charge on any atom is 0.263 e. The number of anilines is 1. The number of carbonyl (C=O) groups is 2. The van der Waals surface area contributed by atoms with Gasteiger partial charge in [0.25, 0.3) is 11.8 Å². The maximum absolute atomic E-state index is 12.9. The van der Waals surface area contributed by atoms with Crippen molar-refractivity contribution in [2.75, 3.05) is 4.90 Å². The molecule has 4 rings (SSSR count). The molecule has 132 valence electrons. The van der Waals surface area contributed by atoms with Crippen LogP contribution in [0.4, 0.5) is 5.69 Å². The summed E-state index contributed by atoms with van der Waals surface area (Å²) in [4.78, 5) is 26.9. The molecule has 2 aromatic carbocycles. The Balaban J connectivity index is 1.57. The van der Waals surface area contributed by atoms with Crippen LogP contribution in [0.2, 0.25) is 5.02 Å². The highest BCUT2D eigenvalue weighted by Crippen LogP contribution is 2.33. The average Bonchev–Trinajstić information content (AvgIpc) is 3.17. The summed E-state index contributed by atoms with van der Waals surface area (Å²) >= 11 is 5.91. The zero-order valence-corrected chi connectivity index (χ0v) is 14.9. The van der Waals surface area contributed by atoms with Crippen molar-refractivity contribution >= 4 is 29.1 Å². The second-order valence-corrected chi connectivity index (χ2v) is 6.79. The minimum atomic E-state index is -0.777. The molecule has 0 aliphatic carbocycles. The minimum absolute atomic E-state index is 0.289. The van der Waals surface area contributed by atoms with Crippen molar-refractivity contribution in [2.45, 2.75) is 32.0 Å². The summed E-state index contributed by atoms with van der Waals surface area (Å²) in [6.07, 6.45) is 0.899. The fourth-order valence-electron chi connectivity index (χ4n) is 3.27. The Hall–Kier alpha value is -2.73. The van der Waals surface area contributed by atoms with Crippen LogP contribution >= 0.6 is 11.6 Å². The van der Waals surface area contributed by atoms with Crippen molar-refractivity contribution in [1.29, 1.82) is 0 Å². The second-order valence-electron chi connectivity index (χ2n) is 6.35. The number of carbonyl (C=O) groups excluding carboxylic acids is 2. The maximum atomic E-state index is 12.9. The Morgan fingerprint density at radius 1 is 0.962 bits per heavy atom. The Bertz CT molecular complexity index is 879. The zero-order chi connectivity index (χ0) is 18.3. The summed E-state index contributed by atoms with van der Waals surface area (Å²) in [7, 11) is 0. The zero-order valence-electron chi connectivity index (χ0n) is 14.2. The summed E-state index contributed by atoms with van der Waals surface area (Å²) < 4.78 is 0. The first-order valence-electron chi connectivity index (χ1n) is 8.47. The third-order valence-corrected chi connectivity index (χ3v) is 4.97. The van der Waals surface area contributed by atoms with E-state index in [1.54, 1.807) is 29.3 Å². The van der Waals surface area contributed by atoms with Gasteiger partial charge in [-0.05, 0) is 41.8 Å². The van der Waals surface area contributed by atoms with Gasteiger partial charge in [-0.25, -0.2) is 4.90 Å². The summed E-state index contributed by atoms with van der Waals surface area (Å²) in [6, 6.07) is 13.3. The van der Waals surface area contributed by atoms with Gasteiger partial charge >= 0.3 is 0 Å². The Labute approximate surface area is 156 Å². The summed E-state index contributed by atoms with van der Waals surface area (Å²) in [5, 5.41) is 10.3. The summed E-state index contributed by atoms with van der Waals surface area (Å²) in [5.74, 6) is -0.616. The van der Waals surface area contributed by atoms with Gasteiger partial charge in [-0.3, -0.25) is 14.6 Å². The molecule has 0 bridgehead atoms. The minimum Gasteiger partial charge on any atom is -0.271 e. The van der Waals surface area contributed by atoms with E-state index >= 15 is 0 Å². The van der Waals surface area contributed by atoms with Crippen LogP contribution in [-0.4, -0.2) is 28.9 Å². The van der Waals surface area contributed by atoms with Gasteiger partial charge in [0.05, 0.1) is 12.2 Å². The van der Waals surface area contributed by atoms with Crippen LogP contribution in [0.5, 0.6) is 0 Å². The standard InChI is InChI=1S/C19H17ClN4O2/c1-2-12-5-9-15(10-6-12)24-18(25)16-17(19(24)26)23(22-21-16)11-13-3-7-14(20)8-4-13/h3-10,16-17H,2,11H2,1H3. The molecule has 0 radical (unpaired) electrons. The number of rotatable bonds is 4. The van der Waals surface area contributed by atoms with E-state index in [9.17, 15) is 9.59 Å². The highest BCUT2D eigenvalue weighted by atomic mass is 35.5. The van der Waals surface area contributed by atoms with Crippen LogP contribution in [-0.2, 0) is 22.6 Å². The molecule has 2 aliphatic rings. The predicted molar refractivity (Wildman–Crippen MR) is 97.7 cm³/mol. The molecule has 7 heteroatoms. The average molecular weight is 369 g/mol. The molecule has 1 fully saturated rings. The molecule has 26 heavy (non-hydrogen) atoms. The molecule has 6 nitrogen and oxygen atoms in total. The van der Waals surface area contributed by atoms with E-state index < -0.39 is 12.1 Å². The van der Waals surface area contributed by atoms with Gasteiger partial charge in [-0.1, -0.05) is 48.0 Å². The van der Waals surface area contributed by atoms with E-state index in [1.165, 1.54) is 4.90 Å². The number of benzene rings is 2. The quantitative estimate of drug-likeness (QED) is 0.777. The van der Waals surface area contributed by atoms with E-state index in [-0.39, 0.29) is 11.8 Å².